The normalized spacial score (nSPS) is 11.1. The van der Waals surface area contributed by atoms with Crippen molar-refractivity contribution in [1.82, 2.24) is 9.78 Å². The van der Waals surface area contributed by atoms with Gasteiger partial charge in [0, 0.05) is 16.4 Å². The molecule has 1 aromatic heterocycles. The van der Waals surface area contributed by atoms with E-state index in [-0.39, 0.29) is 0 Å². The fourth-order valence-electron chi connectivity index (χ4n) is 1.60. The Bertz CT molecular complexity index is 462. The summed E-state index contributed by atoms with van der Waals surface area (Å²) < 4.78 is 3.04. The van der Waals surface area contributed by atoms with E-state index >= 15 is 0 Å². The number of halogens is 1. The second-order valence-corrected chi connectivity index (χ2v) is 4.17. The summed E-state index contributed by atoms with van der Waals surface area (Å²) >= 11 is 3.45. The van der Waals surface area contributed by atoms with Crippen LogP contribution in [0.15, 0.2) is 22.7 Å². The van der Waals surface area contributed by atoms with E-state index in [2.05, 4.69) is 33.2 Å². The van der Waals surface area contributed by atoms with E-state index < -0.39 is 0 Å². The van der Waals surface area contributed by atoms with Crippen molar-refractivity contribution in [2.45, 2.75) is 13.5 Å². The third kappa shape index (κ3) is 1.55. The Kier molecular flexibility index (Phi) is 2.56. The first-order chi connectivity index (χ1) is 6.72. The quantitative estimate of drug-likeness (QED) is 0.891. The number of nitrogens with two attached hydrogens (primary N) is 1. The molecule has 0 aliphatic rings. The van der Waals surface area contributed by atoms with E-state index in [1.807, 2.05) is 17.7 Å². The van der Waals surface area contributed by atoms with Gasteiger partial charge in [0.2, 0.25) is 0 Å². The van der Waals surface area contributed by atoms with Gasteiger partial charge in [-0.15, -0.1) is 0 Å². The van der Waals surface area contributed by atoms with Gasteiger partial charge in [-0.05, 0) is 25.1 Å². The van der Waals surface area contributed by atoms with Crippen LogP contribution in [0, 0.1) is 6.92 Å². The molecule has 14 heavy (non-hydrogen) atoms. The summed E-state index contributed by atoms with van der Waals surface area (Å²) in [6.07, 6.45) is 0. The highest BCUT2D eigenvalue weighted by atomic mass is 79.9. The van der Waals surface area contributed by atoms with Crippen LogP contribution in [0.2, 0.25) is 0 Å². The van der Waals surface area contributed by atoms with Gasteiger partial charge in [0.05, 0.1) is 17.8 Å². The van der Waals surface area contributed by atoms with E-state index in [9.17, 15) is 0 Å². The first-order valence-electron chi connectivity index (χ1n) is 4.55. The highest BCUT2D eigenvalue weighted by Crippen LogP contribution is 2.22. The van der Waals surface area contributed by atoms with Gasteiger partial charge in [-0.1, -0.05) is 15.9 Å². The van der Waals surface area contributed by atoms with E-state index in [4.69, 9.17) is 5.73 Å². The topological polar surface area (TPSA) is 43.8 Å². The minimum Gasteiger partial charge on any atom is -0.329 e. The Hall–Kier alpha value is -0.870. The lowest BCUT2D eigenvalue weighted by atomic mass is 10.2. The fraction of sp³-hybridized carbons (Fsp3) is 0.300. The first kappa shape index (κ1) is 9.68. The van der Waals surface area contributed by atoms with E-state index in [1.165, 1.54) is 5.39 Å². The van der Waals surface area contributed by atoms with Crippen molar-refractivity contribution in [3.05, 3.63) is 28.4 Å². The van der Waals surface area contributed by atoms with Crippen molar-refractivity contribution in [2.75, 3.05) is 6.54 Å². The molecule has 0 bridgehead atoms. The SMILES string of the molecule is Cc1nn(CCN)c2ccc(Br)cc12. The van der Waals surface area contributed by atoms with Gasteiger partial charge in [0.15, 0.2) is 0 Å². The predicted octanol–water partition coefficient (Wildman–Crippen LogP) is 2.07. The Morgan fingerprint density at radius 3 is 3.00 bits per heavy atom. The van der Waals surface area contributed by atoms with Crippen molar-refractivity contribution in [3.63, 3.8) is 0 Å². The lowest BCUT2D eigenvalue weighted by Gasteiger charge is -1.99. The zero-order valence-corrected chi connectivity index (χ0v) is 9.58. The fourth-order valence-corrected chi connectivity index (χ4v) is 1.97. The summed E-state index contributed by atoms with van der Waals surface area (Å²) in [4.78, 5) is 0. The van der Waals surface area contributed by atoms with Crippen LogP contribution in [0.5, 0.6) is 0 Å². The molecule has 4 heteroatoms. The summed E-state index contributed by atoms with van der Waals surface area (Å²) in [7, 11) is 0. The molecule has 0 saturated carbocycles. The summed E-state index contributed by atoms with van der Waals surface area (Å²) in [5.74, 6) is 0. The molecular weight excluding hydrogens is 242 g/mol. The standard InChI is InChI=1S/C10H12BrN3/c1-7-9-6-8(11)2-3-10(9)14(13-7)5-4-12/h2-3,6H,4-5,12H2,1H3. The molecule has 1 heterocycles. The minimum absolute atomic E-state index is 0.617. The van der Waals surface area contributed by atoms with Crippen LogP contribution < -0.4 is 5.73 Å². The average molecular weight is 254 g/mol. The second kappa shape index (κ2) is 3.71. The van der Waals surface area contributed by atoms with Gasteiger partial charge in [-0.3, -0.25) is 4.68 Å². The minimum atomic E-state index is 0.617. The number of hydrogen-bond donors (Lipinski definition) is 1. The molecule has 2 N–H and O–H groups in total. The molecule has 0 spiro atoms. The molecule has 0 radical (unpaired) electrons. The smallest absolute Gasteiger partial charge is 0.0686 e. The van der Waals surface area contributed by atoms with Gasteiger partial charge in [0.1, 0.15) is 0 Å². The number of benzene rings is 1. The van der Waals surface area contributed by atoms with Crippen molar-refractivity contribution in [3.8, 4) is 0 Å². The number of fused-ring (bicyclic) bond motifs is 1. The van der Waals surface area contributed by atoms with E-state index in [0.717, 1.165) is 22.2 Å². The molecule has 3 nitrogen and oxygen atoms in total. The van der Waals surface area contributed by atoms with Gasteiger partial charge in [-0.2, -0.15) is 5.10 Å². The Labute approximate surface area is 91.0 Å². The Morgan fingerprint density at radius 2 is 2.29 bits per heavy atom. The van der Waals surface area contributed by atoms with Gasteiger partial charge in [-0.25, -0.2) is 0 Å². The maximum absolute atomic E-state index is 5.52. The van der Waals surface area contributed by atoms with Crippen molar-refractivity contribution >= 4 is 26.8 Å². The molecule has 0 fully saturated rings. The highest BCUT2D eigenvalue weighted by Gasteiger charge is 2.06. The number of aromatic nitrogens is 2. The Balaban J connectivity index is 2.65. The Morgan fingerprint density at radius 1 is 1.50 bits per heavy atom. The summed E-state index contributed by atoms with van der Waals surface area (Å²) in [5.41, 5.74) is 7.72. The molecular formula is C10H12BrN3. The van der Waals surface area contributed by atoms with Gasteiger partial charge >= 0.3 is 0 Å². The highest BCUT2D eigenvalue weighted by molar-refractivity contribution is 9.10. The van der Waals surface area contributed by atoms with Crippen LogP contribution in [0.3, 0.4) is 0 Å². The number of nitrogens with zero attached hydrogens (tertiary/aromatic N) is 2. The molecule has 0 aliphatic heterocycles. The van der Waals surface area contributed by atoms with Crippen LogP contribution in [0.25, 0.3) is 10.9 Å². The van der Waals surface area contributed by atoms with Crippen molar-refractivity contribution in [1.29, 1.82) is 0 Å². The number of hydrogen-bond acceptors (Lipinski definition) is 2. The monoisotopic (exact) mass is 253 g/mol. The van der Waals surface area contributed by atoms with Crippen LogP contribution in [0.1, 0.15) is 5.69 Å². The average Bonchev–Trinajstić information content (AvgIpc) is 2.44. The zero-order valence-electron chi connectivity index (χ0n) is 8.00. The van der Waals surface area contributed by atoms with Crippen LogP contribution >= 0.6 is 15.9 Å². The molecule has 0 aliphatic carbocycles. The molecule has 0 saturated heterocycles. The molecule has 2 aromatic rings. The summed E-state index contributed by atoms with van der Waals surface area (Å²) in [6, 6.07) is 6.18. The second-order valence-electron chi connectivity index (χ2n) is 3.26. The molecule has 0 unspecified atom stereocenters. The van der Waals surface area contributed by atoms with Crippen LogP contribution in [0.4, 0.5) is 0 Å². The van der Waals surface area contributed by atoms with E-state index in [0.29, 0.717) is 6.54 Å². The van der Waals surface area contributed by atoms with Crippen molar-refractivity contribution in [2.24, 2.45) is 5.73 Å². The molecule has 74 valence electrons. The van der Waals surface area contributed by atoms with Crippen LogP contribution in [-0.4, -0.2) is 16.3 Å². The largest absolute Gasteiger partial charge is 0.329 e. The maximum atomic E-state index is 5.52. The first-order valence-corrected chi connectivity index (χ1v) is 5.34. The molecule has 0 atom stereocenters. The molecule has 2 rings (SSSR count). The van der Waals surface area contributed by atoms with Gasteiger partial charge < -0.3 is 5.73 Å². The number of aryl methyl sites for hydroxylation is 1. The lowest BCUT2D eigenvalue weighted by Crippen LogP contribution is -2.10. The third-order valence-corrected chi connectivity index (χ3v) is 2.73. The van der Waals surface area contributed by atoms with E-state index in [1.54, 1.807) is 0 Å². The maximum Gasteiger partial charge on any atom is 0.0686 e. The van der Waals surface area contributed by atoms with Crippen molar-refractivity contribution < 1.29 is 0 Å². The lowest BCUT2D eigenvalue weighted by molar-refractivity contribution is 0.640. The number of rotatable bonds is 2. The predicted molar refractivity (Wildman–Crippen MR) is 61.2 cm³/mol. The zero-order chi connectivity index (χ0) is 10.1. The summed E-state index contributed by atoms with van der Waals surface area (Å²) in [5, 5.41) is 5.62. The molecule has 1 aromatic carbocycles. The third-order valence-electron chi connectivity index (χ3n) is 2.24. The van der Waals surface area contributed by atoms with Gasteiger partial charge in [0.25, 0.3) is 0 Å². The molecule has 0 amide bonds. The summed E-state index contributed by atoms with van der Waals surface area (Å²) in [6.45, 7) is 3.40. The van der Waals surface area contributed by atoms with Crippen LogP contribution in [-0.2, 0) is 6.54 Å².